The van der Waals surface area contributed by atoms with Gasteiger partial charge in [0.2, 0.25) is 0 Å². The monoisotopic (exact) mass is 318 g/mol. The van der Waals surface area contributed by atoms with Gasteiger partial charge >= 0.3 is 11.1 Å². The van der Waals surface area contributed by atoms with Gasteiger partial charge in [0, 0.05) is 32.2 Å². The average molecular weight is 318 g/mol. The van der Waals surface area contributed by atoms with Crippen molar-refractivity contribution in [2.75, 3.05) is 13.1 Å². The number of aryl methyl sites for hydroxylation is 1. The van der Waals surface area contributed by atoms with Gasteiger partial charge in [0.1, 0.15) is 12.2 Å². The Morgan fingerprint density at radius 3 is 2.96 bits per heavy atom. The predicted molar refractivity (Wildman–Crippen MR) is 79.9 cm³/mol. The summed E-state index contributed by atoms with van der Waals surface area (Å²) in [5, 5.41) is 4.12. The van der Waals surface area contributed by atoms with Crippen LogP contribution in [0.3, 0.4) is 0 Å². The minimum atomic E-state index is -0.598. The maximum Gasteiger partial charge on any atom is 0.332 e. The van der Waals surface area contributed by atoms with E-state index in [9.17, 15) is 9.59 Å². The molecule has 2 aliphatic rings. The number of hydrogen-bond donors (Lipinski definition) is 0. The molecule has 0 aromatic carbocycles. The van der Waals surface area contributed by atoms with Crippen molar-refractivity contribution in [1.29, 1.82) is 0 Å². The lowest BCUT2D eigenvalue weighted by Gasteiger charge is -2.35. The first-order valence-corrected chi connectivity index (χ1v) is 7.61. The highest BCUT2D eigenvalue weighted by atomic mass is 16.5. The molecular formula is C15H18N4O4. The standard InChI is InChI=1S/C15H18N4O4/c1-17-13(20)14(21)19-10-15(23-8-12(19)16-17)3-4-18(9-15)6-11-2-5-22-7-11/h2,5,7H,3-4,6,8-10H2,1H3/t15-/m1/s1. The summed E-state index contributed by atoms with van der Waals surface area (Å²) in [5.74, 6) is 0.510. The molecule has 2 aromatic rings. The van der Waals surface area contributed by atoms with Gasteiger partial charge in [-0.3, -0.25) is 19.1 Å². The SMILES string of the molecule is Cn1nc2n(c(=O)c1=O)C[C@]1(CCN(Cc3ccoc3)C1)OC2. The second-order valence-electron chi connectivity index (χ2n) is 6.30. The third-order valence-electron chi connectivity index (χ3n) is 4.63. The van der Waals surface area contributed by atoms with E-state index >= 15 is 0 Å². The molecule has 1 fully saturated rings. The van der Waals surface area contributed by atoms with E-state index in [1.807, 2.05) is 6.07 Å². The first-order valence-electron chi connectivity index (χ1n) is 7.61. The molecule has 0 aliphatic carbocycles. The van der Waals surface area contributed by atoms with Gasteiger partial charge in [0.25, 0.3) is 0 Å². The molecule has 2 aromatic heterocycles. The van der Waals surface area contributed by atoms with Crippen molar-refractivity contribution in [1.82, 2.24) is 19.2 Å². The molecule has 0 amide bonds. The summed E-state index contributed by atoms with van der Waals surface area (Å²) >= 11 is 0. The number of furan rings is 1. The Morgan fingerprint density at radius 2 is 2.17 bits per heavy atom. The zero-order chi connectivity index (χ0) is 16.0. The third-order valence-corrected chi connectivity index (χ3v) is 4.63. The Bertz CT molecular complexity index is 838. The van der Waals surface area contributed by atoms with Gasteiger partial charge in [0.15, 0.2) is 5.82 Å². The fraction of sp³-hybridized carbons (Fsp3) is 0.533. The summed E-state index contributed by atoms with van der Waals surface area (Å²) in [7, 11) is 1.48. The number of ether oxygens (including phenoxy) is 1. The highest BCUT2D eigenvalue weighted by molar-refractivity contribution is 5.07. The number of rotatable bonds is 2. The maximum atomic E-state index is 12.2. The quantitative estimate of drug-likeness (QED) is 0.708. The summed E-state index contributed by atoms with van der Waals surface area (Å²) in [6.07, 6.45) is 4.22. The number of hydrogen-bond acceptors (Lipinski definition) is 6. The second kappa shape index (κ2) is 5.17. The van der Waals surface area contributed by atoms with Crippen LogP contribution < -0.4 is 11.1 Å². The predicted octanol–water partition coefficient (Wildman–Crippen LogP) is -0.290. The molecule has 8 heteroatoms. The molecule has 0 saturated carbocycles. The summed E-state index contributed by atoms with van der Waals surface area (Å²) < 4.78 is 13.7. The molecular weight excluding hydrogens is 300 g/mol. The van der Waals surface area contributed by atoms with Crippen LogP contribution in [0.1, 0.15) is 17.8 Å². The van der Waals surface area contributed by atoms with Gasteiger partial charge in [-0.15, -0.1) is 0 Å². The number of fused-ring (bicyclic) bond motifs is 1. The Kier molecular flexibility index (Phi) is 3.24. The third kappa shape index (κ3) is 2.43. The van der Waals surface area contributed by atoms with Crippen LogP contribution in [0.25, 0.3) is 0 Å². The van der Waals surface area contributed by atoms with Crippen LogP contribution in [-0.4, -0.2) is 37.9 Å². The molecule has 0 unspecified atom stereocenters. The molecule has 4 heterocycles. The van der Waals surface area contributed by atoms with Crippen molar-refractivity contribution in [2.24, 2.45) is 7.05 Å². The molecule has 1 atom stereocenters. The largest absolute Gasteiger partial charge is 0.472 e. The van der Waals surface area contributed by atoms with E-state index in [0.29, 0.717) is 12.4 Å². The summed E-state index contributed by atoms with van der Waals surface area (Å²) in [6.45, 7) is 3.03. The van der Waals surface area contributed by atoms with Crippen molar-refractivity contribution >= 4 is 0 Å². The number of likely N-dealkylation sites (tertiary alicyclic amines) is 1. The Balaban J connectivity index is 1.57. The van der Waals surface area contributed by atoms with E-state index in [2.05, 4.69) is 10.00 Å². The minimum Gasteiger partial charge on any atom is -0.472 e. The topological polar surface area (TPSA) is 82.5 Å². The van der Waals surface area contributed by atoms with Gasteiger partial charge in [-0.25, -0.2) is 4.68 Å². The van der Waals surface area contributed by atoms with Crippen LogP contribution in [-0.2, 0) is 31.5 Å². The normalized spacial score (nSPS) is 24.2. The van der Waals surface area contributed by atoms with Gasteiger partial charge in [-0.2, -0.15) is 5.10 Å². The number of nitrogens with zero attached hydrogens (tertiary/aromatic N) is 4. The van der Waals surface area contributed by atoms with Crippen LogP contribution in [0.5, 0.6) is 0 Å². The second-order valence-corrected chi connectivity index (χ2v) is 6.30. The summed E-state index contributed by atoms with van der Waals surface area (Å²) in [4.78, 5) is 26.3. The smallest absolute Gasteiger partial charge is 0.332 e. The number of aromatic nitrogens is 3. The molecule has 8 nitrogen and oxygen atoms in total. The fourth-order valence-corrected chi connectivity index (χ4v) is 3.42. The average Bonchev–Trinajstić information content (AvgIpc) is 3.18. The zero-order valence-electron chi connectivity index (χ0n) is 12.9. The molecule has 4 rings (SSSR count). The van der Waals surface area contributed by atoms with Crippen molar-refractivity contribution in [2.45, 2.75) is 31.7 Å². The first-order chi connectivity index (χ1) is 11.1. The Labute approximate surface area is 131 Å². The van der Waals surface area contributed by atoms with Gasteiger partial charge in [-0.1, -0.05) is 0 Å². The maximum absolute atomic E-state index is 12.2. The first kappa shape index (κ1) is 14.4. The van der Waals surface area contributed by atoms with Gasteiger partial charge in [-0.05, 0) is 12.5 Å². The molecule has 2 aliphatic heterocycles. The van der Waals surface area contributed by atoms with E-state index in [-0.39, 0.29) is 6.61 Å². The summed E-state index contributed by atoms with van der Waals surface area (Å²) in [5.41, 5.74) is -0.423. The Hall–Kier alpha value is -2.19. The highest BCUT2D eigenvalue weighted by Gasteiger charge is 2.43. The molecule has 1 spiro atoms. The van der Waals surface area contributed by atoms with E-state index in [4.69, 9.17) is 9.15 Å². The van der Waals surface area contributed by atoms with Crippen molar-refractivity contribution in [3.63, 3.8) is 0 Å². The van der Waals surface area contributed by atoms with E-state index < -0.39 is 16.7 Å². The molecule has 23 heavy (non-hydrogen) atoms. The van der Waals surface area contributed by atoms with Gasteiger partial charge < -0.3 is 9.15 Å². The molecule has 0 bridgehead atoms. The van der Waals surface area contributed by atoms with E-state index in [0.717, 1.165) is 36.3 Å². The van der Waals surface area contributed by atoms with E-state index in [1.165, 1.54) is 11.6 Å². The van der Waals surface area contributed by atoms with Crippen LogP contribution >= 0.6 is 0 Å². The zero-order valence-corrected chi connectivity index (χ0v) is 12.9. The highest BCUT2D eigenvalue weighted by Crippen LogP contribution is 2.31. The summed E-state index contributed by atoms with van der Waals surface area (Å²) in [6, 6.07) is 1.94. The van der Waals surface area contributed by atoms with Crippen molar-refractivity contribution in [3.8, 4) is 0 Å². The minimum absolute atomic E-state index is 0.253. The molecule has 0 N–H and O–H groups in total. The van der Waals surface area contributed by atoms with Crippen molar-refractivity contribution < 1.29 is 9.15 Å². The van der Waals surface area contributed by atoms with E-state index in [1.54, 1.807) is 12.5 Å². The molecule has 0 radical (unpaired) electrons. The lowest BCUT2D eigenvalue weighted by atomic mass is 10.0. The van der Waals surface area contributed by atoms with Gasteiger partial charge in [0.05, 0.1) is 19.1 Å². The molecule has 122 valence electrons. The van der Waals surface area contributed by atoms with Crippen LogP contribution in [0.15, 0.2) is 32.6 Å². The van der Waals surface area contributed by atoms with Crippen LogP contribution in [0.4, 0.5) is 0 Å². The fourth-order valence-electron chi connectivity index (χ4n) is 3.42. The lowest BCUT2D eigenvalue weighted by molar-refractivity contribution is -0.0858. The van der Waals surface area contributed by atoms with Crippen molar-refractivity contribution in [3.05, 3.63) is 50.7 Å². The Morgan fingerprint density at radius 1 is 1.30 bits per heavy atom. The molecule has 1 saturated heterocycles. The van der Waals surface area contributed by atoms with Crippen LogP contribution in [0, 0.1) is 0 Å². The lowest BCUT2D eigenvalue weighted by Crippen LogP contribution is -2.52. The van der Waals surface area contributed by atoms with Crippen LogP contribution in [0.2, 0.25) is 0 Å².